The molecule has 0 radical (unpaired) electrons. The molecule has 6 heteroatoms. The van der Waals surface area contributed by atoms with Gasteiger partial charge in [0.2, 0.25) is 0 Å². The molecule has 0 fully saturated rings. The molecule has 0 aliphatic carbocycles. The van der Waals surface area contributed by atoms with Crippen LogP contribution in [0, 0.1) is 10.1 Å². The Morgan fingerprint density at radius 3 is 2.57 bits per heavy atom. The van der Waals surface area contributed by atoms with Gasteiger partial charge in [0.1, 0.15) is 5.69 Å². The van der Waals surface area contributed by atoms with Crippen LogP contribution in [-0.4, -0.2) is 11.5 Å². The highest BCUT2D eigenvalue weighted by Crippen LogP contribution is 2.39. The summed E-state index contributed by atoms with van der Waals surface area (Å²) in [6.07, 6.45) is 0.918. The number of anilines is 1. The molecule has 0 saturated heterocycles. The van der Waals surface area contributed by atoms with Crippen molar-refractivity contribution in [3.8, 4) is 0 Å². The number of halogens is 1. The van der Waals surface area contributed by atoms with Crippen LogP contribution in [0.4, 0.5) is 11.4 Å². The van der Waals surface area contributed by atoms with Gasteiger partial charge in [0.15, 0.2) is 0 Å². The first-order chi connectivity index (χ1) is 10.1. The van der Waals surface area contributed by atoms with E-state index in [-0.39, 0.29) is 10.6 Å². The number of para-hydroxylation sites is 1. The minimum atomic E-state index is -0.320. The van der Waals surface area contributed by atoms with Crippen LogP contribution in [0.25, 0.3) is 0 Å². The van der Waals surface area contributed by atoms with E-state index in [0.717, 1.165) is 15.8 Å². The highest BCUT2D eigenvalue weighted by Gasteiger charge is 2.20. The SMILES string of the molecule is CCCNc1cccc(Sc2ccc(Br)cc2)c1[N+](=O)[O-]. The number of nitrogens with one attached hydrogen (secondary N) is 1. The predicted octanol–water partition coefficient (Wildman–Crippen LogP) is 5.33. The molecule has 0 atom stereocenters. The van der Waals surface area contributed by atoms with E-state index in [0.29, 0.717) is 17.1 Å². The fourth-order valence-electron chi connectivity index (χ4n) is 1.82. The van der Waals surface area contributed by atoms with E-state index in [1.54, 1.807) is 12.1 Å². The molecular weight excluding hydrogens is 352 g/mol. The van der Waals surface area contributed by atoms with E-state index < -0.39 is 0 Å². The maximum atomic E-state index is 11.4. The third-order valence-electron chi connectivity index (χ3n) is 2.79. The molecule has 0 aromatic heterocycles. The van der Waals surface area contributed by atoms with Crippen molar-refractivity contribution in [2.24, 2.45) is 0 Å². The van der Waals surface area contributed by atoms with Crippen molar-refractivity contribution >= 4 is 39.1 Å². The molecule has 0 aliphatic heterocycles. The van der Waals surface area contributed by atoms with E-state index in [1.807, 2.05) is 37.3 Å². The Labute approximate surface area is 136 Å². The van der Waals surface area contributed by atoms with Gasteiger partial charge in [-0.2, -0.15) is 0 Å². The van der Waals surface area contributed by atoms with Crippen molar-refractivity contribution in [3.05, 3.63) is 57.1 Å². The predicted molar refractivity (Wildman–Crippen MR) is 90.1 cm³/mol. The first-order valence-corrected chi connectivity index (χ1v) is 8.17. The number of hydrogen-bond donors (Lipinski definition) is 1. The summed E-state index contributed by atoms with van der Waals surface area (Å²) >= 11 is 4.78. The zero-order chi connectivity index (χ0) is 15.2. The normalized spacial score (nSPS) is 10.4. The Kier molecular flexibility index (Phi) is 5.64. The molecule has 2 rings (SSSR count). The van der Waals surface area contributed by atoms with Crippen LogP contribution in [0.5, 0.6) is 0 Å². The minimum Gasteiger partial charge on any atom is -0.379 e. The molecular formula is C15H15BrN2O2S. The molecule has 0 aliphatic rings. The highest BCUT2D eigenvalue weighted by atomic mass is 79.9. The second-order valence-corrected chi connectivity index (χ2v) is 6.42. The molecule has 0 saturated carbocycles. The average molecular weight is 367 g/mol. The maximum absolute atomic E-state index is 11.4. The van der Waals surface area contributed by atoms with Gasteiger partial charge in [-0.15, -0.1) is 0 Å². The zero-order valence-corrected chi connectivity index (χ0v) is 13.9. The zero-order valence-electron chi connectivity index (χ0n) is 11.5. The van der Waals surface area contributed by atoms with Crippen molar-refractivity contribution in [1.29, 1.82) is 0 Å². The van der Waals surface area contributed by atoms with E-state index >= 15 is 0 Å². The van der Waals surface area contributed by atoms with E-state index in [9.17, 15) is 10.1 Å². The monoisotopic (exact) mass is 366 g/mol. The fourth-order valence-corrected chi connectivity index (χ4v) is 3.04. The van der Waals surface area contributed by atoms with Crippen LogP contribution in [0.2, 0.25) is 0 Å². The highest BCUT2D eigenvalue weighted by molar-refractivity contribution is 9.10. The summed E-state index contributed by atoms with van der Waals surface area (Å²) in [7, 11) is 0. The third-order valence-corrected chi connectivity index (χ3v) is 4.37. The standard InChI is InChI=1S/C15H15BrN2O2S/c1-2-10-17-13-4-3-5-14(15(13)18(19)20)21-12-8-6-11(16)7-9-12/h3-9,17H,2,10H2,1H3. The second kappa shape index (κ2) is 7.47. The number of nitrogens with zero attached hydrogens (tertiary/aromatic N) is 1. The molecule has 21 heavy (non-hydrogen) atoms. The smallest absolute Gasteiger partial charge is 0.306 e. The van der Waals surface area contributed by atoms with E-state index in [1.165, 1.54) is 11.8 Å². The van der Waals surface area contributed by atoms with Gasteiger partial charge in [0.25, 0.3) is 0 Å². The first-order valence-electron chi connectivity index (χ1n) is 6.56. The van der Waals surface area contributed by atoms with E-state index in [2.05, 4.69) is 21.2 Å². The van der Waals surface area contributed by atoms with Gasteiger partial charge in [-0.1, -0.05) is 40.7 Å². The number of nitro groups is 1. The van der Waals surface area contributed by atoms with Gasteiger partial charge < -0.3 is 5.32 Å². The lowest BCUT2D eigenvalue weighted by atomic mass is 10.2. The summed E-state index contributed by atoms with van der Waals surface area (Å²) in [5, 5.41) is 14.5. The molecule has 0 unspecified atom stereocenters. The van der Waals surface area contributed by atoms with Crippen molar-refractivity contribution in [1.82, 2.24) is 0 Å². The topological polar surface area (TPSA) is 55.2 Å². The van der Waals surface area contributed by atoms with Crippen molar-refractivity contribution in [2.75, 3.05) is 11.9 Å². The van der Waals surface area contributed by atoms with Crippen LogP contribution >= 0.6 is 27.7 Å². The molecule has 0 heterocycles. The molecule has 2 aromatic rings. The first kappa shape index (κ1) is 15.9. The lowest BCUT2D eigenvalue weighted by molar-refractivity contribution is -0.386. The lowest BCUT2D eigenvalue weighted by Crippen LogP contribution is -2.03. The fraction of sp³-hybridized carbons (Fsp3) is 0.200. The van der Waals surface area contributed by atoms with Gasteiger partial charge in [-0.05, 0) is 42.8 Å². The number of benzene rings is 2. The Morgan fingerprint density at radius 2 is 1.95 bits per heavy atom. The van der Waals surface area contributed by atoms with Crippen LogP contribution in [0.3, 0.4) is 0 Å². The van der Waals surface area contributed by atoms with Crippen molar-refractivity contribution < 1.29 is 4.92 Å². The minimum absolute atomic E-state index is 0.138. The Bertz CT molecular complexity index is 632. The summed E-state index contributed by atoms with van der Waals surface area (Å²) in [4.78, 5) is 12.7. The number of rotatable bonds is 6. The lowest BCUT2D eigenvalue weighted by Gasteiger charge is -2.09. The Hall–Kier alpha value is -1.53. The van der Waals surface area contributed by atoms with Crippen molar-refractivity contribution in [3.63, 3.8) is 0 Å². The summed E-state index contributed by atoms with van der Waals surface area (Å²) < 4.78 is 0.986. The number of nitro benzene ring substituents is 1. The Morgan fingerprint density at radius 1 is 1.24 bits per heavy atom. The van der Waals surface area contributed by atoms with Gasteiger partial charge in [-0.3, -0.25) is 10.1 Å². The molecule has 0 bridgehead atoms. The average Bonchev–Trinajstić information content (AvgIpc) is 2.47. The van der Waals surface area contributed by atoms with Crippen LogP contribution in [0.15, 0.2) is 56.7 Å². The van der Waals surface area contributed by atoms with Crippen LogP contribution in [-0.2, 0) is 0 Å². The van der Waals surface area contributed by atoms with Crippen molar-refractivity contribution in [2.45, 2.75) is 23.1 Å². The number of hydrogen-bond acceptors (Lipinski definition) is 4. The molecule has 1 N–H and O–H groups in total. The van der Waals surface area contributed by atoms with Gasteiger partial charge in [-0.25, -0.2) is 0 Å². The molecule has 2 aromatic carbocycles. The largest absolute Gasteiger partial charge is 0.379 e. The van der Waals surface area contributed by atoms with Gasteiger partial charge in [0, 0.05) is 15.9 Å². The second-order valence-electron chi connectivity index (χ2n) is 4.39. The maximum Gasteiger partial charge on any atom is 0.306 e. The molecule has 0 spiro atoms. The molecule has 0 amide bonds. The summed E-state index contributed by atoms with van der Waals surface area (Å²) in [5.41, 5.74) is 0.711. The summed E-state index contributed by atoms with van der Waals surface area (Å²) in [5.74, 6) is 0. The Balaban J connectivity index is 2.33. The van der Waals surface area contributed by atoms with Crippen LogP contribution in [0.1, 0.15) is 13.3 Å². The molecule has 110 valence electrons. The van der Waals surface area contributed by atoms with E-state index in [4.69, 9.17) is 0 Å². The summed E-state index contributed by atoms with van der Waals surface area (Å²) in [6.45, 7) is 2.74. The van der Waals surface area contributed by atoms with Gasteiger partial charge >= 0.3 is 5.69 Å². The summed E-state index contributed by atoms with van der Waals surface area (Å²) in [6, 6.07) is 13.1. The van der Waals surface area contributed by atoms with Crippen LogP contribution < -0.4 is 5.32 Å². The molecule has 4 nitrogen and oxygen atoms in total. The van der Waals surface area contributed by atoms with Gasteiger partial charge in [0.05, 0.1) is 9.82 Å². The third kappa shape index (κ3) is 4.22. The quantitative estimate of drug-likeness (QED) is 0.554.